The summed E-state index contributed by atoms with van der Waals surface area (Å²) in [4.78, 5) is 41.4. The molecule has 2 aliphatic heterocycles. The van der Waals surface area contributed by atoms with Crippen LogP contribution < -0.4 is 5.32 Å². The van der Waals surface area contributed by atoms with E-state index < -0.39 is 5.92 Å². The Kier molecular flexibility index (Phi) is 5.32. The zero-order valence-corrected chi connectivity index (χ0v) is 16.3. The molecular formula is C19H28N6O3. The molecule has 9 nitrogen and oxygen atoms in total. The summed E-state index contributed by atoms with van der Waals surface area (Å²) in [5.74, 6) is 0.00369. The molecule has 2 saturated heterocycles. The summed E-state index contributed by atoms with van der Waals surface area (Å²) in [6, 6.07) is 0.251. The summed E-state index contributed by atoms with van der Waals surface area (Å²) in [6.45, 7) is 4.09. The topological polar surface area (TPSA) is 111 Å². The molecule has 4 rings (SSSR count). The fourth-order valence-electron chi connectivity index (χ4n) is 4.57. The average Bonchev–Trinajstić information content (AvgIpc) is 3.42. The number of nitrogens with zero attached hydrogens (tertiary/aromatic N) is 4. The Balaban J connectivity index is 1.38. The Morgan fingerprint density at radius 1 is 1.11 bits per heavy atom. The molecule has 3 fully saturated rings. The summed E-state index contributed by atoms with van der Waals surface area (Å²) < 4.78 is 0. The molecule has 3 aliphatic rings. The van der Waals surface area contributed by atoms with Crippen LogP contribution >= 0.6 is 0 Å². The van der Waals surface area contributed by atoms with E-state index in [4.69, 9.17) is 0 Å². The van der Waals surface area contributed by atoms with Crippen molar-refractivity contribution in [1.29, 1.82) is 0 Å². The highest BCUT2D eigenvalue weighted by Crippen LogP contribution is 2.31. The minimum absolute atomic E-state index is 0.0493. The lowest BCUT2D eigenvalue weighted by Crippen LogP contribution is -2.39. The molecule has 2 N–H and O–H groups in total. The summed E-state index contributed by atoms with van der Waals surface area (Å²) in [6.07, 6.45) is 6.46. The van der Waals surface area contributed by atoms with Gasteiger partial charge >= 0.3 is 0 Å². The molecule has 0 spiro atoms. The predicted molar refractivity (Wildman–Crippen MR) is 101 cm³/mol. The number of hydrogen-bond donors (Lipinski definition) is 2. The molecule has 152 valence electrons. The zero-order chi connectivity index (χ0) is 19.7. The number of hydrogen-bond acceptors (Lipinski definition) is 5. The van der Waals surface area contributed by atoms with Gasteiger partial charge in [0.25, 0.3) is 5.91 Å². The molecule has 1 saturated carbocycles. The van der Waals surface area contributed by atoms with E-state index in [0.29, 0.717) is 25.6 Å². The van der Waals surface area contributed by atoms with Gasteiger partial charge in [0, 0.05) is 32.1 Å². The molecule has 1 atom stereocenters. The van der Waals surface area contributed by atoms with Crippen molar-refractivity contribution < 1.29 is 14.4 Å². The third-order valence-corrected chi connectivity index (χ3v) is 6.34. The van der Waals surface area contributed by atoms with Crippen molar-refractivity contribution in [3.05, 3.63) is 5.69 Å². The second-order valence-corrected chi connectivity index (χ2v) is 8.37. The Bertz CT molecular complexity index is 749. The summed E-state index contributed by atoms with van der Waals surface area (Å²) >= 11 is 0. The quantitative estimate of drug-likeness (QED) is 0.810. The number of likely N-dealkylation sites (tertiary alicyclic amines) is 2. The predicted octanol–water partition coefficient (Wildman–Crippen LogP) is 1.41. The van der Waals surface area contributed by atoms with Crippen molar-refractivity contribution in [2.24, 2.45) is 11.8 Å². The lowest BCUT2D eigenvalue weighted by atomic mass is 9.87. The third kappa shape index (κ3) is 3.74. The van der Waals surface area contributed by atoms with E-state index in [2.05, 4.69) is 27.7 Å². The minimum Gasteiger partial charge on any atom is -0.339 e. The monoisotopic (exact) mass is 388 g/mol. The molecule has 1 aliphatic carbocycles. The summed E-state index contributed by atoms with van der Waals surface area (Å²) in [5.41, 5.74) is 0.137. The minimum atomic E-state index is -0.418. The van der Waals surface area contributed by atoms with Gasteiger partial charge in [0.15, 0.2) is 11.5 Å². The molecule has 3 amide bonds. The fraction of sp³-hybridized carbons (Fsp3) is 0.737. The number of aromatic amines is 1. The molecule has 0 radical (unpaired) electrons. The van der Waals surface area contributed by atoms with Crippen LogP contribution in [-0.2, 0) is 9.59 Å². The standard InChI is InChI=1S/C19H28N6O3/c1-12-4-6-14(7-5-12)25-11-13(10-15(25)26)18(27)20-17-16(21-23-22-17)19(28)24-8-2-3-9-24/h12-14H,2-11H2,1H3,(H2,20,21,22,23,27). The second-order valence-electron chi connectivity index (χ2n) is 8.37. The van der Waals surface area contributed by atoms with Crippen molar-refractivity contribution in [3.8, 4) is 0 Å². The van der Waals surface area contributed by atoms with Crippen LogP contribution in [0.15, 0.2) is 0 Å². The van der Waals surface area contributed by atoms with Crippen LogP contribution in [0.5, 0.6) is 0 Å². The van der Waals surface area contributed by atoms with Crippen molar-refractivity contribution >= 4 is 23.5 Å². The van der Waals surface area contributed by atoms with Gasteiger partial charge in [-0.05, 0) is 44.4 Å². The lowest BCUT2D eigenvalue weighted by Gasteiger charge is -2.33. The Hall–Kier alpha value is -2.45. The molecule has 0 bridgehead atoms. The summed E-state index contributed by atoms with van der Waals surface area (Å²) in [7, 11) is 0. The molecule has 1 aromatic heterocycles. The van der Waals surface area contributed by atoms with E-state index in [0.717, 1.165) is 38.5 Å². The van der Waals surface area contributed by atoms with Crippen molar-refractivity contribution in [1.82, 2.24) is 25.2 Å². The number of amides is 3. The fourth-order valence-corrected chi connectivity index (χ4v) is 4.57. The molecule has 1 aromatic rings. The van der Waals surface area contributed by atoms with Gasteiger partial charge in [0.05, 0.1) is 5.92 Å². The maximum Gasteiger partial charge on any atom is 0.278 e. The van der Waals surface area contributed by atoms with Gasteiger partial charge in [-0.2, -0.15) is 5.21 Å². The van der Waals surface area contributed by atoms with Crippen LogP contribution in [0, 0.1) is 11.8 Å². The van der Waals surface area contributed by atoms with E-state index in [-0.39, 0.29) is 41.7 Å². The van der Waals surface area contributed by atoms with Crippen molar-refractivity contribution in [2.45, 2.75) is 57.9 Å². The Morgan fingerprint density at radius 3 is 2.54 bits per heavy atom. The lowest BCUT2D eigenvalue weighted by molar-refractivity contribution is -0.130. The molecular weight excluding hydrogens is 360 g/mol. The number of nitrogens with one attached hydrogen (secondary N) is 2. The number of rotatable bonds is 4. The first-order valence-electron chi connectivity index (χ1n) is 10.3. The van der Waals surface area contributed by atoms with Crippen LogP contribution in [0.2, 0.25) is 0 Å². The highest BCUT2D eigenvalue weighted by Gasteiger charge is 2.39. The van der Waals surface area contributed by atoms with Gasteiger partial charge in [0.1, 0.15) is 0 Å². The Labute approximate surface area is 164 Å². The largest absolute Gasteiger partial charge is 0.339 e. The molecule has 9 heteroatoms. The number of anilines is 1. The Morgan fingerprint density at radius 2 is 1.82 bits per heavy atom. The number of carbonyl (C=O) groups excluding carboxylic acids is 3. The smallest absolute Gasteiger partial charge is 0.278 e. The van der Waals surface area contributed by atoms with Crippen LogP contribution in [0.1, 0.15) is 62.4 Å². The van der Waals surface area contributed by atoms with Crippen LogP contribution in [-0.4, -0.2) is 68.6 Å². The highest BCUT2D eigenvalue weighted by atomic mass is 16.2. The SMILES string of the molecule is CC1CCC(N2CC(C(=O)Nc3n[nH]nc3C(=O)N3CCCC3)CC2=O)CC1. The number of carbonyl (C=O) groups is 3. The molecule has 28 heavy (non-hydrogen) atoms. The van der Waals surface area contributed by atoms with Gasteiger partial charge in [-0.3, -0.25) is 14.4 Å². The summed E-state index contributed by atoms with van der Waals surface area (Å²) in [5, 5.41) is 13.0. The van der Waals surface area contributed by atoms with Crippen LogP contribution in [0.4, 0.5) is 5.82 Å². The number of aromatic nitrogens is 3. The van der Waals surface area contributed by atoms with E-state index in [1.54, 1.807) is 4.90 Å². The second kappa shape index (κ2) is 7.89. The first kappa shape index (κ1) is 18.9. The van der Waals surface area contributed by atoms with Gasteiger partial charge in [-0.1, -0.05) is 6.92 Å². The van der Waals surface area contributed by atoms with E-state index >= 15 is 0 Å². The average molecular weight is 388 g/mol. The van der Waals surface area contributed by atoms with Crippen LogP contribution in [0.3, 0.4) is 0 Å². The molecule has 0 aromatic carbocycles. The maximum absolute atomic E-state index is 12.7. The normalized spacial score (nSPS) is 28.0. The van der Waals surface area contributed by atoms with E-state index in [1.165, 1.54) is 0 Å². The first-order chi connectivity index (χ1) is 13.5. The first-order valence-corrected chi connectivity index (χ1v) is 10.3. The van der Waals surface area contributed by atoms with Crippen LogP contribution in [0.25, 0.3) is 0 Å². The molecule has 1 unspecified atom stereocenters. The van der Waals surface area contributed by atoms with Gasteiger partial charge in [-0.25, -0.2) is 0 Å². The van der Waals surface area contributed by atoms with Crippen molar-refractivity contribution in [3.63, 3.8) is 0 Å². The van der Waals surface area contributed by atoms with Gasteiger partial charge in [0.2, 0.25) is 11.8 Å². The van der Waals surface area contributed by atoms with Gasteiger partial charge < -0.3 is 15.1 Å². The maximum atomic E-state index is 12.7. The van der Waals surface area contributed by atoms with E-state index in [9.17, 15) is 14.4 Å². The van der Waals surface area contributed by atoms with Gasteiger partial charge in [-0.15, -0.1) is 10.2 Å². The van der Waals surface area contributed by atoms with Crippen molar-refractivity contribution in [2.75, 3.05) is 25.0 Å². The third-order valence-electron chi connectivity index (χ3n) is 6.34. The zero-order valence-electron chi connectivity index (χ0n) is 16.3. The number of H-pyrrole nitrogens is 1. The van der Waals surface area contributed by atoms with E-state index in [1.807, 2.05) is 4.90 Å². The molecule has 3 heterocycles. The highest BCUT2D eigenvalue weighted by molar-refractivity contribution is 6.03.